The summed E-state index contributed by atoms with van der Waals surface area (Å²) in [7, 11) is 1.57. The Morgan fingerprint density at radius 2 is 1.56 bits per heavy atom. The number of aliphatic hydroxyl groups excluding tert-OH is 1. The van der Waals surface area contributed by atoms with Crippen LogP contribution in [0.2, 0.25) is 0 Å². The maximum Gasteiger partial charge on any atom is 0.163 e. The Morgan fingerprint density at radius 3 is 2.17 bits per heavy atom. The molecule has 9 heteroatoms. The number of aliphatic hydroxyl groups is 1. The van der Waals surface area contributed by atoms with Crippen molar-refractivity contribution in [1.29, 1.82) is 0 Å². The van der Waals surface area contributed by atoms with E-state index in [1.54, 1.807) is 37.4 Å². The molecular formula is C27H33Cl2FN2O4. The first-order valence-corrected chi connectivity index (χ1v) is 11.5. The third-order valence-corrected chi connectivity index (χ3v) is 6.08. The monoisotopic (exact) mass is 538 g/mol. The highest BCUT2D eigenvalue weighted by Gasteiger charge is 2.22. The number of nitrogens with zero attached hydrogens (tertiary/aromatic N) is 1. The largest absolute Gasteiger partial charge is 0.493 e. The molecule has 1 aliphatic rings. The minimum Gasteiger partial charge on any atom is -0.493 e. The zero-order valence-electron chi connectivity index (χ0n) is 20.1. The molecule has 0 amide bonds. The fraction of sp³-hybridized carbons (Fsp3) is 0.333. The van der Waals surface area contributed by atoms with Crippen LogP contribution in [0.5, 0.6) is 23.0 Å². The molecular weight excluding hydrogens is 506 g/mol. The van der Waals surface area contributed by atoms with Crippen LogP contribution in [-0.2, 0) is 0 Å². The molecule has 4 rings (SSSR count). The first-order valence-electron chi connectivity index (χ1n) is 11.5. The molecule has 0 radical (unpaired) electrons. The van der Waals surface area contributed by atoms with Crippen LogP contribution in [0.1, 0.15) is 24.3 Å². The van der Waals surface area contributed by atoms with Gasteiger partial charge in [0.05, 0.1) is 7.11 Å². The number of methoxy groups -OCH3 is 1. The molecule has 1 aliphatic heterocycles. The van der Waals surface area contributed by atoms with Crippen LogP contribution in [0.25, 0.3) is 0 Å². The van der Waals surface area contributed by atoms with Crippen molar-refractivity contribution in [1.82, 2.24) is 4.90 Å². The van der Waals surface area contributed by atoms with Gasteiger partial charge in [-0.15, -0.1) is 24.8 Å². The van der Waals surface area contributed by atoms with Crippen molar-refractivity contribution in [3.05, 3.63) is 78.1 Å². The average Bonchev–Trinajstić information content (AvgIpc) is 2.85. The van der Waals surface area contributed by atoms with E-state index >= 15 is 0 Å². The molecule has 3 aromatic rings. The second kappa shape index (κ2) is 14.1. The van der Waals surface area contributed by atoms with Crippen molar-refractivity contribution in [2.75, 3.05) is 39.1 Å². The van der Waals surface area contributed by atoms with Crippen LogP contribution >= 0.6 is 24.8 Å². The quantitative estimate of drug-likeness (QED) is 0.341. The van der Waals surface area contributed by atoms with Gasteiger partial charge in [-0.2, -0.15) is 0 Å². The minimum absolute atomic E-state index is 0. The highest BCUT2D eigenvalue weighted by molar-refractivity contribution is 5.85. The summed E-state index contributed by atoms with van der Waals surface area (Å²) in [5.41, 5.74) is 7.69. The summed E-state index contributed by atoms with van der Waals surface area (Å²) in [5.74, 6) is 2.66. The van der Waals surface area contributed by atoms with E-state index in [1.807, 2.05) is 12.1 Å². The Morgan fingerprint density at radius 1 is 0.944 bits per heavy atom. The predicted molar refractivity (Wildman–Crippen MR) is 145 cm³/mol. The predicted octanol–water partition coefficient (Wildman–Crippen LogP) is 5.67. The van der Waals surface area contributed by atoms with Crippen LogP contribution < -0.4 is 19.9 Å². The van der Waals surface area contributed by atoms with Gasteiger partial charge in [-0.3, -0.25) is 0 Å². The second-order valence-corrected chi connectivity index (χ2v) is 8.58. The molecule has 1 atom stereocenters. The highest BCUT2D eigenvalue weighted by atomic mass is 35.5. The van der Waals surface area contributed by atoms with Gasteiger partial charge in [0, 0.05) is 18.3 Å². The molecule has 3 aromatic carbocycles. The minimum atomic E-state index is -0.606. The zero-order valence-corrected chi connectivity index (χ0v) is 21.8. The number of piperidine rings is 1. The van der Waals surface area contributed by atoms with Crippen molar-refractivity contribution in [3.63, 3.8) is 0 Å². The fourth-order valence-corrected chi connectivity index (χ4v) is 4.24. The number of rotatable bonds is 9. The Hall–Kier alpha value is -2.71. The molecule has 3 N–H and O–H groups in total. The van der Waals surface area contributed by atoms with Gasteiger partial charge in [0.25, 0.3) is 0 Å². The molecule has 1 heterocycles. The fourth-order valence-electron chi connectivity index (χ4n) is 4.24. The molecule has 0 spiro atoms. The Balaban J connectivity index is 0.00000228. The van der Waals surface area contributed by atoms with Gasteiger partial charge in [0.1, 0.15) is 30.0 Å². The molecule has 0 saturated carbocycles. The van der Waals surface area contributed by atoms with Gasteiger partial charge >= 0.3 is 0 Å². The molecule has 0 aliphatic carbocycles. The SMILES string of the molecule is COc1ccc(N)cc1OC[C@@H](O)CN1CCC(c2ccc(Oc3ccc(F)cc3)cc2)CC1.Cl.Cl. The van der Waals surface area contributed by atoms with Crippen molar-refractivity contribution >= 4 is 30.5 Å². The smallest absolute Gasteiger partial charge is 0.163 e. The van der Waals surface area contributed by atoms with Gasteiger partial charge in [0.15, 0.2) is 11.5 Å². The molecule has 0 aromatic heterocycles. The van der Waals surface area contributed by atoms with Crippen LogP contribution in [-0.4, -0.2) is 49.5 Å². The molecule has 0 bridgehead atoms. The highest BCUT2D eigenvalue weighted by Crippen LogP contribution is 2.31. The summed E-state index contributed by atoms with van der Waals surface area (Å²) in [6, 6.07) is 19.3. The Kier molecular flexibility index (Phi) is 11.6. The first kappa shape index (κ1) is 29.5. The number of hydrogen-bond donors (Lipinski definition) is 2. The van der Waals surface area contributed by atoms with Gasteiger partial charge < -0.3 is 30.0 Å². The van der Waals surface area contributed by atoms with E-state index in [-0.39, 0.29) is 37.2 Å². The van der Waals surface area contributed by atoms with Gasteiger partial charge in [-0.1, -0.05) is 12.1 Å². The van der Waals surface area contributed by atoms with Crippen molar-refractivity contribution < 1.29 is 23.7 Å². The molecule has 1 saturated heterocycles. The maximum absolute atomic E-state index is 13.0. The standard InChI is InChI=1S/C27H31FN2O4.2ClH/c1-32-26-11-6-22(29)16-27(26)33-18-23(31)17-30-14-12-20(13-15-30)19-2-7-24(8-3-19)34-25-9-4-21(28)5-10-25;;/h2-11,16,20,23,31H,12-15,17-18,29H2,1H3;2*1H/t23-;;/m0../s1. The topological polar surface area (TPSA) is 77.2 Å². The van der Waals surface area contributed by atoms with E-state index in [0.29, 0.717) is 35.4 Å². The third-order valence-electron chi connectivity index (χ3n) is 6.08. The number of benzene rings is 3. The zero-order chi connectivity index (χ0) is 23.9. The van der Waals surface area contributed by atoms with Crippen LogP contribution in [0, 0.1) is 5.82 Å². The number of likely N-dealkylation sites (tertiary alicyclic amines) is 1. The summed E-state index contributed by atoms with van der Waals surface area (Å²) in [6.07, 6.45) is 1.44. The van der Waals surface area contributed by atoms with Crippen LogP contribution in [0.4, 0.5) is 10.1 Å². The molecule has 196 valence electrons. The van der Waals surface area contributed by atoms with E-state index in [0.717, 1.165) is 31.7 Å². The van der Waals surface area contributed by atoms with E-state index in [4.69, 9.17) is 19.9 Å². The van der Waals surface area contributed by atoms with Crippen LogP contribution in [0.15, 0.2) is 66.7 Å². The van der Waals surface area contributed by atoms with Gasteiger partial charge in [0.2, 0.25) is 0 Å². The maximum atomic E-state index is 13.0. The molecule has 0 unspecified atom stereocenters. The molecule has 1 fully saturated rings. The normalized spacial score (nSPS) is 14.8. The van der Waals surface area contributed by atoms with E-state index in [2.05, 4.69) is 17.0 Å². The second-order valence-electron chi connectivity index (χ2n) is 8.58. The lowest BCUT2D eigenvalue weighted by Gasteiger charge is -2.33. The number of ether oxygens (including phenoxy) is 3. The van der Waals surface area contributed by atoms with Crippen molar-refractivity contribution in [3.8, 4) is 23.0 Å². The summed E-state index contributed by atoms with van der Waals surface area (Å²) < 4.78 is 29.9. The number of β-amino-alcohol motifs (C(OH)–C–C–N with tert-alkyl or cyclic N) is 1. The van der Waals surface area contributed by atoms with Crippen LogP contribution in [0.3, 0.4) is 0 Å². The van der Waals surface area contributed by atoms with E-state index < -0.39 is 6.10 Å². The summed E-state index contributed by atoms with van der Waals surface area (Å²) >= 11 is 0. The Labute approximate surface area is 224 Å². The number of nitrogens with two attached hydrogens (primary N) is 1. The van der Waals surface area contributed by atoms with Gasteiger partial charge in [-0.05, 0) is 85.9 Å². The lowest BCUT2D eigenvalue weighted by atomic mass is 9.89. The van der Waals surface area contributed by atoms with E-state index in [9.17, 15) is 9.50 Å². The number of hydrogen-bond acceptors (Lipinski definition) is 6. The number of nitrogen functional groups attached to an aromatic ring is 1. The van der Waals surface area contributed by atoms with Gasteiger partial charge in [-0.25, -0.2) is 4.39 Å². The Bertz CT molecular complexity index is 1060. The summed E-state index contributed by atoms with van der Waals surface area (Å²) in [5, 5.41) is 10.5. The summed E-state index contributed by atoms with van der Waals surface area (Å²) in [4.78, 5) is 2.27. The third kappa shape index (κ3) is 8.17. The first-order chi connectivity index (χ1) is 16.5. The average molecular weight is 539 g/mol. The summed E-state index contributed by atoms with van der Waals surface area (Å²) in [6.45, 7) is 2.56. The lowest BCUT2D eigenvalue weighted by Crippen LogP contribution is -2.40. The number of halogens is 3. The van der Waals surface area contributed by atoms with E-state index in [1.165, 1.54) is 17.7 Å². The van der Waals surface area contributed by atoms with Crippen molar-refractivity contribution in [2.24, 2.45) is 0 Å². The molecule has 6 nitrogen and oxygen atoms in total. The lowest BCUT2D eigenvalue weighted by molar-refractivity contribution is 0.0586. The number of anilines is 1. The molecule has 36 heavy (non-hydrogen) atoms. The van der Waals surface area contributed by atoms with Crippen molar-refractivity contribution in [2.45, 2.75) is 24.9 Å².